The van der Waals surface area contributed by atoms with Crippen LogP contribution in [0, 0.1) is 11.7 Å². The lowest BCUT2D eigenvalue weighted by molar-refractivity contribution is 0.573. The second-order valence-electron chi connectivity index (χ2n) is 4.40. The van der Waals surface area contributed by atoms with Gasteiger partial charge >= 0.3 is 0 Å². The minimum atomic E-state index is -3.67. The van der Waals surface area contributed by atoms with E-state index in [4.69, 9.17) is 5.73 Å². The molecular weight excluding hydrogens is 243 g/mol. The van der Waals surface area contributed by atoms with Gasteiger partial charge in [0, 0.05) is 12.6 Å². The summed E-state index contributed by atoms with van der Waals surface area (Å²) < 4.78 is 39.7. The van der Waals surface area contributed by atoms with Crippen molar-refractivity contribution in [1.29, 1.82) is 0 Å². The first-order valence-corrected chi connectivity index (χ1v) is 6.93. The zero-order chi connectivity index (χ0) is 12.6. The SMILES string of the molecule is CC1CC1NS(=O)(=O)c1cc(F)ccc1CN. The van der Waals surface area contributed by atoms with Gasteiger partial charge < -0.3 is 5.73 Å². The van der Waals surface area contributed by atoms with Crippen molar-refractivity contribution >= 4 is 10.0 Å². The first-order valence-electron chi connectivity index (χ1n) is 5.45. The first-order chi connectivity index (χ1) is 7.94. The van der Waals surface area contributed by atoms with Crippen molar-refractivity contribution in [3.63, 3.8) is 0 Å². The Bertz CT molecular complexity index is 530. The van der Waals surface area contributed by atoms with Crippen LogP contribution in [0.2, 0.25) is 0 Å². The molecule has 2 rings (SSSR count). The lowest BCUT2D eigenvalue weighted by atomic mass is 10.2. The second kappa shape index (κ2) is 4.36. The molecule has 17 heavy (non-hydrogen) atoms. The molecule has 1 aromatic rings. The number of benzene rings is 1. The van der Waals surface area contributed by atoms with Crippen LogP contribution in [0.1, 0.15) is 18.9 Å². The van der Waals surface area contributed by atoms with Gasteiger partial charge in [0.25, 0.3) is 0 Å². The number of halogens is 1. The average Bonchev–Trinajstić information content (AvgIpc) is 2.93. The fraction of sp³-hybridized carbons (Fsp3) is 0.455. The summed E-state index contributed by atoms with van der Waals surface area (Å²) >= 11 is 0. The molecule has 1 aromatic carbocycles. The molecule has 1 saturated carbocycles. The van der Waals surface area contributed by atoms with Crippen LogP contribution in [-0.4, -0.2) is 14.5 Å². The third-order valence-electron chi connectivity index (χ3n) is 2.95. The van der Waals surface area contributed by atoms with Crippen LogP contribution in [-0.2, 0) is 16.6 Å². The van der Waals surface area contributed by atoms with Gasteiger partial charge in [-0.3, -0.25) is 0 Å². The molecule has 0 spiro atoms. The van der Waals surface area contributed by atoms with E-state index in [1.165, 1.54) is 12.1 Å². The van der Waals surface area contributed by atoms with Crippen LogP contribution in [0.25, 0.3) is 0 Å². The van der Waals surface area contributed by atoms with Crippen molar-refractivity contribution < 1.29 is 12.8 Å². The Morgan fingerprint density at radius 1 is 1.53 bits per heavy atom. The fourth-order valence-corrected chi connectivity index (χ4v) is 3.31. The van der Waals surface area contributed by atoms with Crippen LogP contribution in [0.4, 0.5) is 4.39 Å². The number of rotatable bonds is 4. The molecule has 3 N–H and O–H groups in total. The van der Waals surface area contributed by atoms with E-state index < -0.39 is 15.8 Å². The number of hydrogen-bond donors (Lipinski definition) is 2. The third kappa shape index (κ3) is 2.65. The Balaban J connectivity index is 2.34. The zero-order valence-electron chi connectivity index (χ0n) is 9.48. The van der Waals surface area contributed by atoms with Gasteiger partial charge in [-0.05, 0) is 30.0 Å². The van der Waals surface area contributed by atoms with Crippen molar-refractivity contribution in [3.05, 3.63) is 29.6 Å². The molecule has 2 unspecified atom stereocenters. The van der Waals surface area contributed by atoms with Gasteiger partial charge in [-0.25, -0.2) is 17.5 Å². The lowest BCUT2D eigenvalue weighted by Gasteiger charge is -2.10. The van der Waals surface area contributed by atoms with Gasteiger partial charge in [0.1, 0.15) is 5.82 Å². The highest BCUT2D eigenvalue weighted by molar-refractivity contribution is 7.89. The van der Waals surface area contributed by atoms with Crippen molar-refractivity contribution in [3.8, 4) is 0 Å². The number of hydrogen-bond acceptors (Lipinski definition) is 3. The molecule has 1 fully saturated rings. The standard InChI is InChI=1S/C11H15FN2O2S/c1-7-4-10(7)14-17(15,16)11-5-9(12)3-2-8(11)6-13/h2-3,5,7,10,14H,4,6,13H2,1H3. The Morgan fingerprint density at radius 2 is 2.18 bits per heavy atom. The van der Waals surface area contributed by atoms with Crippen molar-refractivity contribution in [1.82, 2.24) is 4.72 Å². The summed E-state index contributed by atoms with van der Waals surface area (Å²) in [6, 6.07) is 3.59. The van der Waals surface area contributed by atoms with Crippen molar-refractivity contribution in [2.75, 3.05) is 0 Å². The monoisotopic (exact) mass is 258 g/mol. The Hall–Kier alpha value is -0.980. The Morgan fingerprint density at radius 3 is 2.71 bits per heavy atom. The molecule has 4 nitrogen and oxygen atoms in total. The third-order valence-corrected chi connectivity index (χ3v) is 4.53. The summed E-state index contributed by atoms with van der Waals surface area (Å²) in [4.78, 5) is -0.0564. The summed E-state index contributed by atoms with van der Waals surface area (Å²) in [5.41, 5.74) is 5.88. The van der Waals surface area contributed by atoms with Crippen molar-refractivity contribution in [2.24, 2.45) is 11.7 Å². The first kappa shape index (κ1) is 12.5. The molecule has 2 atom stereocenters. The van der Waals surface area contributed by atoms with Gasteiger partial charge in [-0.15, -0.1) is 0 Å². The maximum atomic E-state index is 13.1. The summed E-state index contributed by atoms with van der Waals surface area (Å²) in [5.74, 6) is -0.230. The molecule has 0 saturated heterocycles. The molecule has 0 aliphatic heterocycles. The average molecular weight is 258 g/mol. The minimum Gasteiger partial charge on any atom is -0.326 e. The summed E-state index contributed by atoms with van der Waals surface area (Å²) in [5, 5.41) is 0. The predicted molar refractivity (Wildman–Crippen MR) is 62.2 cm³/mol. The van der Waals surface area contributed by atoms with E-state index in [2.05, 4.69) is 4.72 Å². The smallest absolute Gasteiger partial charge is 0.241 e. The number of nitrogens with one attached hydrogen (secondary N) is 1. The number of sulfonamides is 1. The normalized spacial score (nSPS) is 23.7. The highest BCUT2D eigenvalue weighted by Crippen LogP contribution is 2.31. The maximum Gasteiger partial charge on any atom is 0.241 e. The summed E-state index contributed by atoms with van der Waals surface area (Å²) in [7, 11) is -3.67. The molecule has 1 aliphatic rings. The molecule has 0 radical (unpaired) electrons. The topological polar surface area (TPSA) is 72.2 Å². The molecule has 0 amide bonds. The highest BCUT2D eigenvalue weighted by atomic mass is 32.2. The summed E-state index contributed by atoms with van der Waals surface area (Å²) in [6.07, 6.45) is 0.826. The van der Waals surface area contributed by atoms with E-state index in [0.717, 1.165) is 12.5 Å². The minimum absolute atomic E-state index is 0.0334. The Labute approximate surface area is 100 Å². The van der Waals surface area contributed by atoms with Crippen LogP contribution in [0.15, 0.2) is 23.1 Å². The van der Waals surface area contributed by atoms with Crippen LogP contribution >= 0.6 is 0 Å². The molecule has 94 valence electrons. The van der Waals surface area contributed by atoms with E-state index in [1.807, 2.05) is 6.92 Å². The summed E-state index contributed by atoms with van der Waals surface area (Å²) in [6.45, 7) is 2.03. The van der Waals surface area contributed by atoms with Gasteiger partial charge in [-0.1, -0.05) is 13.0 Å². The van der Waals surface area contributed by atoms with Crippen LogP contribution in [0.5, 0.6) is 0 Å². The quantitative estimate of drug-likeness (QED) is 0.845. The number of nitrogens with two attached hydrogens (primary N) is 1. The largest absolute Gasteiger partial charge is 0.326 e. The molecular formula is C11H15FN2O2S. The van der Waals surface area contributed by atoms with Gasteiger partial charge in [0.15, 0.2) is 0 Å². The maximum absolute atomic E-state index is 13.1. The lowest BCUT2D eigenvalue weighted by Crippen LogP contribution is -2.28. The zero-order valence-corrected chi connectivity index (χ0v) is 10.3. The van der Waals surface area contributed by atoms with Gasteiger partial charge in [0.2, 0.25) is 10.0 Å². The van der Waals surface area contributed by atoms with Gasteiger partial charge in [-0.2, -0.15) is 0 Å². The molecule has 6 heteroatoms. The Kier molecular flexibility index (Phi) is 3.20. The van der Waals surface area contributed by atoms with E-state index in [1.54, 1.807) is 0 Å². The van der Waals surface area contributed by atoms with Gasteiger partial charge in [0.05, 0.1) is 4.90 Å². The van der Waals surface area contributed by atoms with Crippen molar-refractivity contribution in [2.45, 2.75) is 30.8 Å². The second-order valence-corrected chi connectivity index (χ2v) is 6.08. The molecule has 1 aliphatic carbocycles. The van der Waals surface area contributed by atoms with E-state index >= 15 is 0 Å². The van der Waals surface area contributed by atoms with E-state index in [9.17, 15) is 12.8 Å². The highest BCUT2D eigenvalue weighted by Gasteiger charge is 2.36. The van der Waals surface area contributed by atoms with Crippen LogP contribution in [0.3, 0.4) is 0 Å². The van der Waals surface area contributed by atoms with E-state index in [-0.39, 0.29) is 17.5 Å². The van der Waals surface area contributed by atoms with Crippen LogP contribution < -0.4 is 10.5 Å². The predicted octanol–water partition coefficient (Wildman–Crippen LogP) is 0.971. The fourth-order valence-electron chi connectivity index (χ4n) is 1.70. The van der Waals surface area contributed by atoms with E-state index in [0.29, 0.717) is 11.5 Å². The molecule has 0 heterocycles. The molecule has 0 bridgehead atoms. The molecule has 0 aromatic heterocycles.